The van der Waals surface area contributed by atoms with Crippen LogP contribution in [0.15, 0.2) is 49.6 Å². The van der Waals surface area contributed by atoms with Gasteiger partial charge in [-0.3, -0.25) is 14.4 Å². The number of halogens is 2. The molecule has 6 atom stereocenters. The Morgan fingerprint density at radius 2 is 2.03 bits per heavy atom. The Balaban J connectivity index is 1.76. The van der Waals surface area contributed by atoms with Crippen LogP contribution in [0.3, 0.4) is 0 Å². The normalized spacial score (nSPS) is 30.8. The fourth-order valence-corrected chi connectivity index (χ4v) is 9.34. The molecular weight excluding hydrogens is 556 g/mol. The fraction of sp³-hybridized carbons (Fsp3) is 0.480. The summed E-state index contributed by atoms with van der Waals surface area (Å²) in [7, 11) is 0. The van der Waals surface area contributed by atoms with E-state index in [4.69, 9.17) is 16.3 Å². The average molecular weight is 584 g/mol. The molecule has 3 unspecified atom stereocenters. The first-order valence-corrected chi connectivity index (χ1v) is 13.7. The van der Waals surface area contributed by atoms with Crippen LogP contribution in [0.5, 0.6) is 0 Å². The van der Waals surface area contributed by atoms with Crippen molar-refractivity contribution in [2.45, 2.75) is 33.7 Å². The molecular formula is C25H28BrClN2O5S. The van der Waals surface area contributed by atoms with Crippen molar-refractivity contribution in [2.75, 3.05) is 31.2 Å². The molecule has 1 aromatic carbocycles. The van der Waals surface area contributed by atoms with Crippen LogP contribution < -0.4 is 4.90 Å². The molecule has 0 radical (unpaired) electrons. The molecule has 0 aliphatic carbocycles. The molecule has 3 saturated heterocycles. The summed E-state index contributed by atoms with van der Waals surface area (Å²) in [4.78, 5) is 44.3. The van der Waals surface area contributed by atoms with Crippen LogP contribution in [-0.2, 0) is 19.1 Å². The van der Waals surface area contributed by atoms with Crippen LogP contribution in [0.25, 0.3) is 0 Å². The molecule has 188 valence electrons. The van der Waals surface area contributed by atoms with Gasteiger partial charge in [-0.05, 0) is 37.1 Å². The molecule has 2 amide bonds. The molecule has 1 aromatic rings. The Morgan fingerprint density at radius 1 is 1.31 bits per heavy atom. The molecule has 0 saturated carbocycles. The maximum absolute atomic E-state index is 14.3. The Labute approximate surface area is 222 Å². The van der Waals surface area contributed by atoms with Crippen LogP contribution in [0.1, 0.15) is 12.8 Å². The van der Waals surface area contributed by atoms with Gasteiger partial charge < -0.3 is 19.6 Å². The standard InChI is InChI=1S/C25H28BrClN2O5S/c1-3-10-28(16-8-6-15(27)7-9-16)23(32)21-25-14-17(26)20(35-25)18(24(33)34-13-4-2)19(25)22(31)29(21)11-5-12-30/h3-4,6-9,17-21,30H,1-2,5,10-14H2/t17?,18-,19+,20-,21?,25?/m1/s1. The number of thioether (sulfide) groups is 1. The van der Waals surface area contributed by atoms with E-state index in [1.54, 1.807) is 51.9 Å². The lowest BCUT2D eigenvalue weighted by atomic mass is 9.71. The molecule has 3 aliphatic rings. The van der Waals surface area contributed by atoms with Gasteiger partial charge in [0.25, 0.3) is 5.91 Å². The van der Waals surface area contributed by atoms with Gasteiger partial charge in [0.2, 0.25) is 5.91 Å². The Hall–Kier alpha value is -1.81. The first kappa shape index (κ1) is 26.3. The third-order valence-corrected chi connectivity index (χ3v) is 10.4. The van der Waals surface area contributed by atoms with Crippen LogP contribution in [-0.4, -0.2) is 75.0 Å². The molecule has 3 heterocycles. The minimum Gasteiger partial charge on any atom is -0.461 e. The molecule has 10 heteroatoms. The predicted molar refractivity (Wildman–Crippen MR) is 141 cm³/mol. The van der Waals surface area contributed by atoms with Crippen LogP contribution in [0, 0.1) is 11.8 Å². The third-order valence-electron chi connectivity index (χ3n) is 6.91. The highest BCUT2D eigenvalue weighted by Crippen LogP contribution is 2.68. The van der Waals surface area contributed by atoms with Gasteiger partial charge in [0.05, 0.1) is 16.6 Å². The fourth-order valence-electron chi connectivity index (χ4n) is 5.62. The number of fused-ring (bicyclic) bond motifs is 1. The van der Waals surface area contributed by atoms with E-state index in [2.05, 4.69) is 29.1 Å². The minimum atomic E-state index is -0.797. The molecule has 3 fully saturated rings. The molecule has 3 aliphatic heterocycles. The van der Waals surface area contributed by atoms with E-state index >= 15 is 0 Å². The number of esters is 1. The van der Waals surface area contributed by atoms with Crippen molar-refractivity contribution >= 4 is 62.8 Å². The zero-order valence-electron chi connectivity index (χ0n) is 19.1. The number of likely N-dealkylation sites (tertiary alicyclic amines) is 1. The van der Waals surface area contributed by atoms with Crippen molar-refractivity contribution in [1.82, 2.24) is 4.90 Å². The number of benzene rings is 1. The van der Waals surface area contributed by atoms with Gasteiger partial charge >= 0.3 is 5.97 Å². The predicted octanol–water partition coefficient (Wildman–Crippen LogP) is 3.44. The average Bonchev–Trinajstić information content (AvgIpc) is 3.43. The lowest BCUT2D eigenvalue weighted by Gasteiger charge is -2.37. The highest BCUT2D eigenvalue weighted by molar-refractivity contribution is 9.09. The molecule has 4 rings (SSSR count). The molecule has 35 heavy (non-hydrogen) atoms. The number of ether oxygens (including phenoxy) is 1. The molecule has 1 spiro atoms. The van der Waals surface area contributed by atoms with Gasteiger partial charge in [-0.25, -0.2) is 0 Å². The lowest BCUT2D eigenvalue weighted by Crippen LogP contribution is -2.55. The monoisotopic (exact) mass is 582 g/mol. The van der Waals surface area contributed by atoms with Crippen molar-refractivity contribution in [1.29, 1.82) is 0 Å². The number of nitrogens with zero attached hydrogens (tertiary/aromatic N) is 2. The second-order valence-corrected chi connectivity index (χ2v) is 12.1. The highest BCUT2D eigenvalue weighted by Gasteiger charge is 2.76. The summed E-state index contributed by atoms with van der Waals surface area (Å²) >= 11 is 11.3. The summed E-state index contributed by atoms with van der Waals surface area (Å²) in [5.41, 5.74) is 0.642. The number of carbonyl (C=O) groups excluding carboxylic acids is 3. The first-order chi connectivity index (χ1) is 16.8. The second-order valence-electron chi connectivity index (χ2n) is 8.90. The Kier molecular flexibility index (Phi) is 8.00. The van der Waals surface area contributed by atoms with Crippen molar-refractivity contribution in [2.24, 2.45) is 11.8 Å². The van der Waals surface area contributed by atoms with E-state index in [0.29, 0.717) is 23.6 Å². The van der Waals surface area contributed by atoms with E-state index in [-0.39, 0.29) is 48.2 Å². The van der Waals surface area contributed by atoms with E-state index in [1.165, 1.54) is 6.08 Å². The number of aliphatic hydroxyl groups excluding tert-OH is 1. The van der Waals surface area contributed by atoms with E-state index < -0.39 is 28.6 Å². The smallest absolute Gasteiger partial charge is 0.311 e. The van der Waals surface area contributed by atoms with E-state index in [9.17, 15) is 19.5 Å². The van der Waals surface area contributed by atoms with E-state index in [1.807, 2.05) is 0 Å². The highest BCUT2D eigenvalue weighted by atomic mass is 79.9. The van der Waals surface area contributed by atoms with Gasteiger partial charge in [-0.1, -0.05) is 46.3 Å². The summed E-state index contributed by atoms with van der Waals surface area (Å²) in [6, 6.07) is 6.14. The summed E-state index contributed by atoms with van der Waals surface area (Å²) in [6.45, 7) is 7.82. The van der Waals surface area contributed by atoms with E-state index in [0.717, 1.165) is 0 Å². The Bertz CT molecular complexity index is 1020. The third kappa shape index (κ3) is 4.45. The van der Waals surface area contributed by atoms with Crippen molar-refractivity contribution in [3.8, 4) is 0 Å². The number of anilines is 1. The lowest BCUT2D eigenvalue weighted by molar-refractivity contribution is -0.153. The number of hydrogen-bond acceptors (Lipinski definition) is 6. The van der Waals surface area contributed by atoms with Crippen LogP contribution in [0.2, 0.25) is 5.02 Å². The van der Waals surface area contributed by atoms with Gasteiger partial charge in [0.15, 0.2) is 0 Å². The zero-order valence-corrected chi connectivity index (χ0v) is 22.3. The van der Waals surface area contributed by atoms with Gasteiger partial charge in [-0.2, -0.15) is 0 Å². The number of amides is 2. The largest absolute Gasteiger partial charge is 0.461 e. The Morgan fingerprint density at radius 3 is 2.66 bits per heavy atom. The summed E-state index contributed by atoms with van der Waals surface area (Å²) < 4.78 is 4.60. The zero-order chi connectivity index (χ0) is 25.3. The molecule has 2 bridgehead atoms. The number of rotatable bonds is 10. The summed E-state index contributed by atoms with van der Waals surface area (Å²) in [5, 5.41) is 9.86. The number of hydrogen-bond donors (Lipinski definition) is 1. The molecule has 0 aromatic heterocycles. The second kappa shape index (κ2) is 10.7. The van der Waals surface area contributed by atoms with Crippen LogP contribution in [0.4, 0.5) is 5.69 Å². The SMILES string of the molecule is C=CCOC(=O)[C@H]1[C@@H]2SC3(CC2Br)C(C(=O)N(CC=C)c2ccc(Cl)cc2)N(CCCO)C(=O)[C@H]13. The van der Waals surface area contributed by atoms with Gasteiger partial charge in [-0.15, -0.1) is 18.3 Å². The molecule has 1 N–H and O–H groups in total. The quantitative estimate of drug-likeness (QED) is 0.258. The maximum atomic E-state index is 14.3. The minimum absolute atomic E-state index is 0.0469. The summed E-state index contributed by atoms with van der Waals surface area (Å²) in [5.74, 6) is -2.26. The van der Waals surface area contributed by atoms with Crippen LogP contribution >= 0.6 is 39.3 Å². The number of alkyl halides is 1. The topological polar surface area (TPSA) is 87.2 Å². The molecule has 7 nitrogen and oxygen atoms in total. The first-order valence-electron chi connectivity index (χ1n) is 11.5. The number of carbonyl (C=O) groups is 3. The van der Waals surface area contributed by atoms with Crippen molar-refractivity contribution < 1.29 is 24.2 Å². The van der Waals surface area contributed by atoms with Crippen molar-refractivity contribution in [3.63, 3.8) is 0 Å². The summed E-state index contributed by atoms with van der Waals surface area (Å²) in [6.07, 6.45) is 4.03. The van der Waals surface area contributed by atoms with Crippen molar-refractivity contribution in [3.05, 3.63) is 54.6 Å². The van der Waals surface area contributed by atoms with Gasteiger partial charge in [0, 0.05) is 40.5 Å². The van der Waals surface area contributed by atoms with Gasteiger partial charge in [0.1, 0.15) is 12.6 Å². The maximum Gasteiger partial charge on any atom is 0.311 e. The number of aliphatic hydroxyl groups is 1.